The number of benzene rings is 1. The summed E-state index contributed by atoms with van der Waals surface area (Å²) in [5.41, 5.74) is 6.92. The number of imide groups is 1. The third-order valence-corrected chi connectivity index (χ3v) is 6.43. The summed E-state index contributed by atoms with van der Waals surface area (Å²) in [4.78, 5) is 63.2. The summed E-state index contributed by atoms with van der Waals surface area (Å²) in [6.07, 6.45) is 1.32. The topological polar surface area (TPSA) is 164 Å². The van der Waals surface area contributed by atoms with E-state index in [9.17, 15) is 32.4 Å². The van der Waals surface area contributed by atoms with Crippen LogP contribution in [0.3, 0.4) is 0 Å². The normalized spacial score (nSPS) is 14.5. The molecule has 0 radical (unpaired) electrons. The van der Waals surface area contributed by atoms with Crippen molar-refractivity contribution < 1.29 is 32.4 Å². The highest BCUT2D eigenvalue weighted by molar-refractivity contribution is 7.90. The van der Waals surface area contributed by atoms with Crippen molar-refractivity contribution in [3.63, 3.8) is 0 Å². The molecule has 1 aliphatic rings. The number of nitrogens with one attached hydrogen (secondary N) is 1. The molecule has 0 saturated heterocycles. The minimum atomic E-state index is -3.38. The van der Waals surface area contributed by atoms with Gasteiger partial charge in [0.15, 0.2) is 5.54 Å². The first kappa shape index (κ1) is 27.1. The lowest BCUT2D eigenvalue weighted by Crippen LogP contribution is -2.59. The van der Waals surface area contributed by atoms with Crippen molar-refractivity contribution in [3.8, 4) is 0 Å². The Balaban J connectivity index is 2.39. The number of unbranched alkanes of at least 4 members (excludes halogenated alkanes) is 1. The Morgan fingerprint density at radius 1 is 1.06 bits per heavy atom. The van der Waals surface area contributed by atoms with Crippen LogP contribution in [0.15, 0.2) is 30.3 Å². The standard InChI is InChI=1S/C22H30N4O7S/c1-3-4-11-22(19(29)20(22)30)26(24-15-16-9-6-5-7-10-16)21(31)25(18(28)14-17(23)27)12-8-13-34(2,32)33/h5-7,9-10,24H,3-4,8,11-15H2,1-2H3,(H2,23,27). The van der Waals surface area contributed by atoms with Gasteiger partial charge < -0.3 is 5.73 Å². The van der Waals surface area contributed by atoms with Crippen LogP contribution in [0.1, 0.15) is 44.6 Å². The number of carbonyl (C=O) groups excluding carboxylic acids is 5. The molecule has 4 amide bonds. The van der Waals surface area contributed by atoms with Crippen LogP contribution in [0.25, 0.3) is 0 Å². The molecule has 1 aromatic rings. The van der Waals surface area contributed by atoms with Crippen molar-refractivity contribution in [2.75, 3.05) is 18.6 Å². The summed E-state index contributed by atoms with van der Waals surface area (Å²) in [7, 11) is -3.38. The maximum atomic E-state index is 13.5. The van der Waals surface area contributed by atoms with E-state index in [0.29, 0.717) is 17.7 Å². The number of nitrogens with zero attached hydrogens (tertiary/aromatic N) is 2. The lowest BCUT2D eigenvalue weighted by molar-refractivity contribution is -0.134. The van der Waals surface area contributed by atoms with Gasteiger partial charge in [0, 0.05) is 19.3 Å². The molecule has 0 spiro atoms. The lowest BCUT2D eigenvalue weighted by Gasteiger charge is -2.34. The molecule has 1 fully saturated rings. The molecule has 3 N–H and O–H groups in total. The van der Waals surface area contributed by atoms with Gasteiger partial charge in [-0.05, 0) is 18.4 Å². The third kappa shape index (κ3) is 6.70. The lowest BCUT2D eigenvalue weighted by atomic mass is 10.1. The van der Waals surface area contributed by atoms with Crippen LogP contribution in [0.4, 0.5) is 4.79 Å². The number of hydrogen-bond acceptors (Lipinski definition) is 8. The van der Waals surface area contributed by atoms with Crippen LogP contribution < -0.4 is 11.2 Å². The Morgan fingerprint density at radius 3 is 2.18 bits per heavy atom. The van der Waals surface area contributed by atoms with Gasteiger partial charge in [-0.25, -0.2) is 23.6 Å². The predicted octanol–water partition coefficient (Wildman–Crippen LogP) is 0.333. The van der Waals surface area contributed by atoms with Crippen molar-refractivity contribution in [2.24, 2.45) is 5.73 Å². The molecule has 186 valence electrons. The van der Waals surface area contributed by atoms with Gasteiger partial charge in [0.2, 0.25) is 23.4 Å². The molecule has 11 nitrogen and oxygen atoms in total. The number of rotatable bonds is 13. The second-order valence-corrected chi connectivity index (χ2v) is 10.5. The van der Waals surface area contributed by atoms with Gasteiger partial charge in [0.25, 0.3) is 0 Å². The first-order chi connectivity index (χ1) is 15.9. The van der Waals surface area contributed by atoms with Crippen LogP contribution in [0, 0.1) is 0 Å². The molecule has 1 aliphatic carbocycles. The fourth-order valence-electron chi connectivity index (χ4n) is 3.55. The molecule has 34 heavy (non-hydrogen) atoms. The Hall–Kier alpha value is -3.12. The number of hydrazine groups is 1. The second kappa shape index (κ2) is 11.3. The molecule has 0 aromatic heterocycles. The van der Waals surface area contributed by atoms with Crippen molar-refractivity contribution in [2.45, 2.75) is 51.1 Å². The van der Waals surface area contributed by atoms with Crippen LogP contribution in [-0.4, -0.2) is 71.8 Å². The van der Waals surface area contributed by atoms with Crippen molar-refractivity contribution in [1.29, 1.82) is 0 Å². The highest BCUT2D eigenvalue weighted by Gasteiger charge is 2.70. The molecule has 12 heteroatoms. The molecule has 0 bridgehead atoms. The minimum Gasteiger partial charge on any atom is -0.369 e. The maximum absolute atomic E-state index is 13.5. The van der Waals surface area contributed by atoms with Crippen molar-refractivity contribution >= 4 is 39.2 Å². The quantitative estimate of drug-likeness (QED) is 0.225. The fraction of sp³-hybridized carbons (Fsp3) is 0.500. The van der Waals surface area contributed by atoms with Crippen LogP contribution in [-0.2, 0) is 35.6 Å². The van der Waals surface area contributed by atoms with E-state index in [1.165, 1.54) is 0 Å². The number of amides is 4. The molecular weight excluding hydrogens is 464 g/mol. The zero-order chi connectivity index (χ0) is 25.5. The molecule has 2 rings (SSSR count). The molecule has 0 unspecified atom stereocenters. The summed E-state index contributed by atoms with van der Waals surface area (Å²) in [5.74, 6) is -3.75. The van der Waals surface area contributed by atoms with Gasteiger partial charge in [0.1, 0.15) is 16.3 Å². The smallest absolute Gasteiger partial charge is 0.342 e. The second-order valence-electron chi connectivity index (χ2n) is 8.23. The van der Waals surface area contributed by atoms with Crippen molar-refractivity contribution in [3.05, 3.63) is 35.9 Å². The molecule has 1 aromatic carbocycles. The molecule has 0 heterocycles. The number of nitrogens with two attached hydrogens (primary N) is 1. The Morgan fingerprint density at radius 2 is 1.68 bits per heavy atom. The zero-order valence-electron chi connectivity index (χ0n) is 19.3. The van der Waals surface area contributed by atoms with Crippen LogP contribution >= 0.6 is 0 Å². The minimum absolute atomic E-state index is 0.0654. The third-order valence-electron chi connectivity index (χ3n) is 5.40. The van der Waals surface area contributed by atoms with Gasteiger partial charge in [0.05, 0.1) is 5.75 Å². The SMILES string of the molecule is CCCCC1(N(NCc2ccccc2)C(=O)N(CCCS(C)(=O)=O)C(=O)CC(N)=O)C(=O)C1=O. The van der Waals surface area contributed by atoms with E-state index in [1.54, 1.807) is 30.3 Å². The number of ketones is 2. The number of primary amides is 1. The first-order valence-electron chi connectivity index (χ1n) is 10.9. The first-order valence-corrected chi connectivity index (χ1v) is 13.0. The monoisotopic (exact) mass is 494 g/mol. The number of Topliss-reactive ketones (excluding diaryl/α,β-unsaturated/α-hetero) is 2. The average Bonchev–Trinajstić information content (AvgIpc) is 3.28. The average molecular weight is 495 g/mol. The Labute approximate surface area is 198 Å². The highest BCUT2D eigenvalue weighted by atomic mass is 32.2. The molecule has 0 aliphatic heterocycles. The molecular formula is C22H30N4O7S. The summed E-state index contributed by atoms with van der Waals surface area (Å²) in [6, 6.07) is 7.87. The van der Waals surface area contributed by atoms with E-state index in [0.717, 1.165) is 16.8 Å². The highest BCUT2D eigenvalue weighted by Crippen LogP contribution is 2.38. The molecule has 0 atom stereocenters. The number of sulfone groups is 1. The van der Waals surface area contributed by atoms with E-state index in [1.807, 2.05) is 6.92 Å². The Bertz CT molecular complexity index is 1040. The zero-order valence-corrected chi connectivity index (χ0v) is 20.1. The van der Waals surface area contributed by atoms with Gasteiger partial charge >= 0.3 is 6.03 Å². The summed E-state index contributed by atoms with van der Waals surface area (Å²) < 4.78 is 23.0. The molecule has 1 saturated carbocycles. The van der Waals surface area contributed by atoms with E-state index in [-0.39, 0.29) is 31.7 Å². The maximum Gasteiger partial charge on any atom is 0.342 e. The Kier molecular flexibility index (Phi) is 9.05. The largest absolute Gasteiger partial charge is 0.369 e. The number of urea groups is 1. The van der Waals surface area contributed by atoms with E-state index in [4.69, 9.17) is 5.73 Å². The van der Waals surface area contributed by atoms with Crippen LogP contribution in [0.2, 0.25) is 0 Å². The van der Waals surface area contributed by atoms with Gasteiger partial charge in [-0.1, -0.05) is 50.1 Å². The predicted molar refractivity (Wildman–Crippen MR) is 123 cm³/mol. The van der Waals surface area contributed by atoms with Gasteiger partial charge in [-0.2, -0.15) is 0 Å². The van der Waals surface area contributed by atoms with Gasteiger partial charge in [-0.3, -0.25) is 24.1 Å². The summed E-state index contributed by atoms with van der Waals surface area (Å²) in [6.45, 7) is 1.60. The summed E-state index contributed by atoms with van der Waals surface area (Å²) in [5, 5.41) is 0.861. The van der Waals surface area contributed by atoms with Crippen LogP contribution in [0.5, 0.6) is 0 Å². The number of hydrogen-bond donors (Lipinski definition) is 2. The van der Waals surface area contributed by atoms with Gasteiger partial charge in [-0.15, -0.1) is 0 Å². The van der Waals surface area contributed by atoms with Crippen molar-refractivity contribution in [1.82, 2.24) is 15.3 Å². The number of carbonyl (C=O) groups is 5. The fourth-order valence-corrected chi connectivity index (χ4v) is 4.20. The van der Waals surface area contributed by atoms with E-state index in [2.05, 4.69) is 5.43 Å². The summed E-state index contributed by atoms with van der Waals surface area (Å²) >= 11 is 0. The van der Waals surface area contributed by atoms with E-state index < -0.39 is 51.2 Å². The van der Waals surface area contributed by atoms with E-state index >= 15 is 0 Å².